The van der Waals surface area contributed by atoms with Crippen molar-refractivity contribution in [2.45, 2.75) is 6.54 Å². The van der Waals surface area contributed by atoms with Crippen LogP contribution in [-0.4, -0.2) is 47.1 Å². The molecule has 23 heavy (non-hydrogen) atoms. The summed E-state index contributed by atoms with van der Waals surface area (Å²) in [5, 5.41) is 0. The molecule has 7 heteroatoms. The summed E-state index contributed by atoms with van der Waals surface area (Å²) < 4.78 is 4.69. The van der Waals surface area contributed by atoms with E-state index in [-0.39, 0.29) is 6.03 Å². The Morgan fingerprint density at radius 2 is 2.00 bits per heavy atom. The minimum absolute atomic E-state index is 0.128. The van der Waals surface area contributed by atoms with Crippen LogP contribution in [0.3, 0.4) is 0 Å². The fourth-order valence-corrected chi connectivity index (χ4v) is 2.46. The summed E-state index contributed by atoms with van der Waals surface area (Å²) in [6.07, 6.45) is 4.91. The Bertz CT molecular complexity index is 720. The highest BCUT2D eigenvalue weighted by molar-refractivity contribution is 5.95. The number of aromatic nitrogens is 2. The molecule has 3 rings (SSSR count). The monoisotopic (exact) mass is 312 g/mol. The van der Waals surface area contributed by atoms with Crippen molar-refractivity contribution in [2.24, 2.45) is 0 Å². The number of rotatable bonds is 4. The van der Waals surface area contributed by atoms with Gasteiger partial charge in [0.2, 0.25) is 0 Å². The van der Waals surface area contributed by atoms with E-state index in [0.29, 0.717) is 31.0 Å². The average Bonchev–Trinajstić information content (AvgIpc) is 2.96. The number of hydrogen-bond acceptors (Lipinski definition) is 5. The highest BCUT2D eigenvalue weighted by Crippen LogP contribution is 2.20. The highest BCUT2D eigenvalue weighted by Gasteiger charge is 2.30. The molecule has 0 saturated carbocycles. The SMILES string of the molecule is COC(=O)c1ccnc(N2CCN(Cc3ccncc3)C2=O)c1. The predicted octanol–water partition coefficient (Wildman–Crippen LogP) is 1.71. The zero-order chi connectivity index (χ0) is 16.2. The number of urea groups is 1. The van der Waals surface area contributed by atoms with Crippen LogP contribution in [0, 0.1) is 0 Å². The number of anilines is 1. The van der Waals surface area contributed by atoms with Gasteiger partial charge in [0, 0.05) is 38.2 Å². The molecule has 1 aliphatic heterocycles. The smallest absolute Gasteiger partial charge is 0.338 e. The van der Waals surface area contributed by atoms with E-state index in [9.17, 15) is 9.59 Å². The third-order valence-electron chi connectivity index (χ3n) is 3.66. The lowest BCUT2D eigenvalue weighted by molar-refractivity contribution is 0.0600. The lowest BCUT2D eigenvalue weighted by atomic mass is 10.2. The summed E-state index contributed by atoms with van der Waals surface area (Å²) in [5.41, 5.74) is 1.39. The number of esters is 1. The van der Waals surface area contributed by atoms with Crippen LogP contribution < -0.4 is 4.90 Å². The van der Waals surface area contributed by atoms with E-state index in [1.807, 2.05) is 12.1 Å². The first-order valence-corrected chi connectivity index (χ1v) is 7.19. The van der Waals surface area contributed by atoms with Crippen LogP contribution in [0.1, 0.15) is 15.9 Å². The predicted molar refractivity (Wildman–Crippen MR) is 83.0 cm³/mol. The van der Waals surface area contributed by atoms with Gasteiger partial charge in [-0.3, -0.25) is 9.88 Å². The topological polar surface area (TPSA) is 75.6 Å². The van der Waals surface area contributed by atoms with Crippen LogP contribution in [0.4, 0.5) is 10.6 Å². The van der Waals surface area contributed by atoms with Crippen LogP contribution >= 0.6 is 0 Å². The summed E-state index contributed by atoms with van der Waals surface area (Å²) in [6, 6.07) is 6.76. The van der Waals surface area contributed by atoms with Crippen LogP contribution in [0.5, 0.6) is 0 Å². The molecule has 0 unspecified atom stereocenters. The van der Waals surface area contributed by atoms with Gasteiger partial charge in [0.1, 0.15) is 5.82 Å². The minimum atomic E-state index is -0.450. The molecule has 3 heterocycles. The molecule has 2 aromatic rings. The quantitative estimate of drug-likeness (QED) is 0.803. The van der Waals surface area contributed by atoms with Gasteiger partial charge in [-0.1, -0.05) is 0 Å². The van der Waals surface area contributed by atoms with E-state index in [4.69, 9.17) is 4.74 Å². The van der Waals surface area contributed by atoms with Gasteiger partial charge in [-0.15, -0.1) is 0 Å². The normalized spacial score (nSPS) is 14.2. The van der Waals surface area contributed by atoms with Crippen molar-refractivity contribution in [1.82, 2.24) is 14.9 Å². The number of carbonyl (C=O) groups excluding carboxylic acids is 2. The summed E-state index contributed by atoms with van der Waals surface area (Å²) in [7, 11) is 1.32. The van der Waals surface area contributed by atoms with Crippen LogP contribution in [-0.2, 0) is 11.3 Å². The first-order valence-electron chi connectivity index (χ1n) is 7.19. The number of hydrogen-bond donors (Lipinski definition) is 0. The fraction of sp³-hybridized carbons (Fsp3) is 0.250. The van der Waals surface area contributed by atoms with Gasteiger partial charge in [0.15, 0.2) is 0 Å². The van der Waals surface area contributed by atoms with Crippen molar-refractivity contribution in [3.63, 3.8) is 0 Å². The van der Waals surface area contributed by atoms with E-state index < -0.39 is 5.97 Å². The van der Waals surface area contributed by atoms with Gasteiger partial charge in [0.25, 0.3) is 0 Å². The molecule has 1 saturated heterocycles. The molecule has 2 aromatic heterocycles. The number of ether oxygens (including phenoxy) is 1. The maximum atomic E-state index is 12.5. The average molecular weight is 312 g/mol. The van der Waals surface area contributed by atoms with E-state index in [0.717, 1.165) is 5.56 Å². The highest BCUT2D eigenvalue weighted by atomic mass is 16.5. The Hall–Kier alpha value is -2.96. The Morgan fingerprint density at radius 1 is 1.22 bits per heavy atom. The molecule has 0 radical (unpaired) electrons. The van der Waals surface area contributed by atoms with Gasteiger partial charge >= 0.3 is 12.0 Å². The molecule has 0 aliphatic carbocycles. The maximum Gasteiger partial charge on any atom is 0.338 e. The standard InChI is InChI=1S/C16H16N4O3/c1-23-15(21)13-4-7-18-14(10-13)20-9-8-19(16(20)22)11-12-2-5-17-6-3-12/h2-7,10H,8-9,11H2,1H3. The van der Waals surface area contributed by atoms with Gasteiger partial charge in [-0.2, -0.15) is 0 Å². The molecule has 0 spiro atoms. The fourth-order valence-electron chi connectivity index (χ4n) is 2.46. The summed E-state index contributed by atoms with van der Waals surface area (Å²) in [6.45, 7) is 1.65. The lowest BCUT2D eigenvalue weighted by Crippen LogP contribution is -2.32. The number of pyridine rings is 2. The Kier molecular flexibility index (Phi) is 4.18. The third kappa shape index (κ3) is 3.13. The Labute approximate surface area is 133 Å². The number of carbonyl (C=O) groups is 2. The molecule has 1 aliphatic rings. The van der Waals surface area contributed by atoms with Crippen LogP contribution in [0.2, 0.25) is 0 Å². The zero-order valence-electron chi connectivity index (χ0n) is 12.7. The first-order chi connectivity index (χ1) is 11.2. The summed E-state index contributed by atoms with van der Waals surface area (Å²) >= 11 is 0. The lowest BCUT2D eigenvalue weighted by Gasteiger charge is -2.18. The second kappa shape index (κ2) is 6.43. The number of nitrogens with zero attached hydrogens (tertiary/aromatic N) is 4. The number of methoxy groups -OCH3 is 1. The Balaban J connectivity index is 1.75. The van der Waals surface area contributed by atoms with E-state index >= 15 is 0 Å². The van der Waals surface area contributed by atoms with Crippen molar-refractivity contribution in [1.29, 1.82) is 0 Å². The Morgan fingerprint density at radius 3 is 2.74 bits per heavy atom. The van der Waals surface area contributed by atoms with Crippen molar-refractivity contribution in [3.8, 4) is 0 Å². The second-order valence-electron chi connectivity index (χ2n) is 5.11. The van der Waals surface area contributed by atoms with Crippen molar-refractivity contribution in [2.75, 3.05) is 25.1 Å². The van der Waals surface area contributed by atoms with Crippen molar-refractivity contribution in [3.05, 3.63) is 54.0 Å². The zero-order valence-corrected chi connectivity index (χ0v) is 12.7. The number of amides is 2. The molecule has 2 amide bonds. The molecule has 0 aromatic carbocycles. The van der Waals surface area contributed by atoms with Crippen molar-refractivity contribution >= 4 is 17.8 Å². The van der Waals surface area contributed by atoms with Crippen molar-refractivity contribution < 1.29 is 14.3 Å². The second-order valence-corrected chi connectivity index (χ2v) is 5.11. The summed E-state index contributed by atoms with van der Waals surface area (Å²) in [5.74, 6) is 0.00376. The molecular formula is C16H16N4O3. The minimum Gasteiger partial charge on any atom is -0.465 e. The van der Waals surface area contributed by atoms with Gasteiger partial charge in [-0.05, 0) is 29.8 Å². The first kappa shape index (κ1) is 15.0. The molecule has 118 valence electrons. The third-order valence-corrected chi connectivity index (χ3v) is 3.66. The van der Waals surface area contributed by atoms with E-state index in [1.54, 1.807) is 34.3 Å². The molecule has 0 atom stereocenters. The van der Waals surface area contributed by atoms with Gasteiger partial charge in [-0.25, -0.2) is 14.6 Å². The van der Waals surface area contributed by atoms with E-state index in [2.05, 4.69) is 9.97 Å². The molecule has 7 nitrogen and oxygen atoms in total. The molecule has 1 fully saturated rings. The van der Waals surface area contributed by atoms with Crippen LogP contribution in [0.25, 0.3) is 0 Å². The van der Waals surface area contributed by atoms with Gasteiger partial charge in [0.05, 0.1) is 12.7 Å². The molecular weight excluding hydrogens is 296 g/mol. The molecule has 0 bridgehead atoms. The van der Waals surface area contributed by atoms with E-state index in [1.165, 1.54) is 13.3 Å². The van der Waals surface area contributed by atoms with Crippen LogP contribution in [0.15, 0.2) is 42.9 Å². The summed E-state index contributed by atoms with van der Waals surface area (Å²) in [4.78, 5) is 35.6. The largest absolute Gasteiger partial charge is 0.465 e. The van der Waals surface area contributed by atoms with Gasteiger partial charge < -0.3 is 9.64 Å². The molecule has 0 N–H and O–H groups in total. The maximum absolute atomic E-state index is 12.5.